The second-order valence-electron chi connectivity index (χ2n) is 7.41. The van der Waals surface area contributed by atoms with Crippen LogP contribution in [0.5, 0.6) is 0 Å². The topological polar surface area (TPSA) is 69.7 Å². The fourth-order valence-electron chi connectivity index (χ4n) is 3.90. The third-order valence-corrected chi connectivity index (χ3v) is 5.48. The molecule has 2 saturated heterocycles. The van der Waals surface area contributed by atoms with Crippen molar-refractivity contribution in [3.05, 3.63) is 71.0 Å². The third-order valence-electron chi connectivity index (χ3n) is 5.48. The van der Waals surface area contributed by atoms with Crippen molar-refractivity contribution in [3.63, 3.8) is 0 Å². The number of nitrogens with one attached hydrogen (secondary N) is 1. The van der Waals surface area contributed by atoms with E-state index in [0.29, 0.717) is 24.2 Å². The van der Waals surface area contributed by atoms with Crippen molar-refractivity contribution < 1.29 is 18.8 Å². The first kappa shape index (κ1) is 19.1. The molecule has 0 saturated carbocycles. The lowest BCUT2D eigenvalue weighted by Gasteiger charge is -2.36. The summed E-state index contributed by atoms with van der Waals surface area (Å²) < 4.78 is 13.6. The largest absolute Gasteiger partial charge is 0.348 e. The summed E-state index contributed by atoms with van der Waals surface area (Å²) in [6.45, 7) is 1.21. The molecule has 2 aromatic rings. The van der Waals surface area contributed by atoms with Crippen LogP contribution in [0.4, 0.5) is 4.39 Å². The Morgan fingerprint density at radius 3 is 2.62 bits per heavy atom. The molecule has 0 spiro atoms. The van der Waals surface area contributed by atoms with Crippen molar-refractivity contribution >= 4 is 17.7 Å². The summed E-state index contributed by atoms with van der Waals surface area (Å²) in [6.07, 6.45) is 1.59. The van der Waals surface area contributed by atoms with Gasteiger partial charge in [-0.3, -0.25) is 14.4 Å². The molecule has 2 fully saturated rings. The summed E-state index contributed by atoms with van der Waals surface area (Å²) in [7, 11) is 0. The van der Waals surface area contributed by atoms with Crippen LogP contribution in [0.2, 0.25) is 0 Å². The van der Waals surface area contributed by atoms with Gasteiger partial charge in [0.25, 0.3) is 5.91 Å². The minimum absolute atomic E-state index is 0.00348. The molecule has 4 rings (SSSR count). The summed E-state index contributed by atoms with van der Waals surface area (Å²) in [6, 6.07) is 12.9. The highest BCUT2D eigenvalue weighted by Crippen LogP contribution is 2.24. The van der Waals surface area contributed by atoms with Crippen LogP contribution >= 0.6 is 0 Å². The van der Waals surface area contributed by atoms with Gasteiger partial charge in [-0.05, 0) is 36.6 Å². The molecule has 2 aromatic carbocycles. The van der Waals surface area contributed by atoms with Crippen LogP contribution in [0.25, 0.3) is 0 Å². The number of nitrogens with zero attached hydrogens (tertiary/aromatic N) is 2. The Bertz CT molecular complexity index is 945. The lowest BCUT2D eigenvalue weighted by atomic mass is 10.1. The maximum atomic E-state index is 13.6. The first-order chi connectivity index (χ1) is 14.0. The summed E-state index contributed by atoms with van der Waals surface area (Å²) >= 11 is 0. The van der Waals surface area contributed by atoms with Gasteiger partial charge in [0.2, 0.25) is 11.8 Å². The lowest BCUT2D eigenvalue weighted by Crippen LogP contribution is -2.56. The molecule has 0 aromatic heterocycles. The molecular formula is C22H22FN3O3. The van der Waals surface area contributed by atoms with Gasteiger partial charge < -0.3 is 15.1 Å². The van der Waals surface area contributed by atoms with Gasteiger partial charge in [0.1, 0.15) is 18.4 Å². The summed E-state index contributed by atoms with van der Waals surface area (Å²) in [4.78, 5) is 40.4. The van der Waals surface area contributed by atoms with Crippen molar-refractivity contribution in [2.75, 3.05) is 13.1 Å². The van der Waals surface area contributed by atoms with Crippen molar-refractivity contribution in [1.29, 1.82) is 0 Å². The number of piperazine rings is 1. The first-order valence-corrected chi connectivity index (χ1v) is 9.72. The van der Waals surface area contributed by atoms with E-state index in [-0.39, 0.29) is 42.7 Å². The van der Waals surface area contributed by atoms with Crippen molar-refractivity contribution in [1.82, 2.24) is 15.1 Å². The van der Waals surface area contributed by atoms with Crippen molar-refractivity contribution in [2.24, 2.45) is 0 Å². The Hall–Kier alpha value is -3.22. The number of amides is 3. The van der Waals surface area contributed by atoms with E-state index < -0.39 is 0 Å². The van der Waals surface area contributed by atoms with E-state index >= 15 is 0 Å². The first-order valence-electron chi connectivity index (χ1n) is 9.72. The van der Waals surface area contributed by atoms with Gasteiger partial charge >= 0.3 is 0 Å². The van der Waals surface area contributed by atoms with Gasteiger partial charge in [0.15, 0.2) is 0 Å². The number of rotatable bonds is 5. The smallest absolute Gasteiger partial charge is 0.251 e. The maximum absolute atomic E-state index is 13.6. The molecule has 1 N–H and O–H groups in total. The van der Waals surface area contributed by atoms with Crippen LogP contribution in [0.15, 0.2) is 48.5 Å². The highest BCUT2D eigenvalue weighted by Gasteiger charge is 2.41. The average Bonchev–Trinajstić information content (AvgIpc) is 3.22. The molecule has 7 heteroatoms. The van der Waals surface area contributed by atoms with Crippen LogP contribution in [0.3, 0.4) is 0 Å². The van der Waals surface area contributed by atoms with Crippen molar-refractivity contribution in [3.8, 4) is 0 Å². The molecule has 2 heterocycles. The molecule has 150 valence electrons. The Morgan fingerprint density at radius 1 is 1.10 bits per heavy atom. The Balaban J connectivity index is 1.36. The Morgan fingerprint density at radius 2 is 1.86 bits per heavy atom. The van der Waals surface area contributed by atoms with Gasteiger partial charge in [-0.15, -0.1) is 0 Å². The van der Waals surface area contributed by atoms with Crippen LogP contribution < -0.4 is 5.32 Å². The second-order valence-corrected chi connectivity index (χ2v) is 7.41. The number of hydrogen-bond donors (Lipinski definition) is 1. The molecule has 2 aliphatic rings. The molecule has 0 bridgehead atoms. The molecule has 2 aliphatic heterocycles. The molecule has 3 amide bonds. The van der Waals surface area contributed by atoms with E-state index in [4.69, 9.17) is 0 Å². The monoisotopic (exact) mass is 395 g/mol. The molecule has 0 aliphatic carbocycles. The van der Waals surface area contributed by atoms with Crippen molar-refractivity contribution in [2.45, 2.75) is 32.0 Å². The standard InChI is InChI=1S/C22H22FN3O3/c23-18-5-2-1-4-17(18)12-24-21(28)16-9-7-15(8-10-16)13-25-14-20(27)26-11-3-6-19(26)22(25)29/h1-2,4-5,7-10,19H,3,6,11-14H2,(H,24,28)/t19-/m0/s1. The minimum atomic E-state index is -0.357. The number of carbonyl (C=O) groups excluding carboxylic acids is 3. The Labute approximate surface area is 168 Å². The van der Waals surface area contributed by atoms with E-state index in [9.17, 15) is 18.8 Å². The number of hydrogen-bond acceptors (Lipinski definition) is 3. The predicted octanol–water partition coefficient (Wildman–Crippen LogP) is 2.09. The van der Waals surface area contributed by atoms with Crippen LogP contribution in [-0.2, 0) is 22.7 Å². The SMILES string of the molecule is O=C(NCc1ccccc1F)c1ccc(CN2CC(=O)N3CCC[C@H]3C2=O)cc1. The van der Waals surface area contributed by atoms with Gasteiger partial charge in [-0.25, -0.2) is 4.39 Å². The van der Waals surface area contributed by atoms with Gasteiger partial charge in [-0.1, -0.05) is 30.3 Å². The van der Waals surface area contributed by atoms with Gasteiger partial charge in [0.05, 0.1) is 0 Å². The highest BCUT2D eigenvalue weighted by atomic mass is 19.1. The Kier molecular flexibility index (Phi) is 5.29. The fraction of sp³-hybridized carbons (Fsp3) is 0.318. The van der Waals surface area contributed by atoms with E-state index in [1.54, 1.807) is 52.3 Å². The van der Waals surface area contributed by atoms with E-state index in [0.717, 1.165) is 18.4 Å². The average molecular weight is 395 g/mol. The van der Waals surface area contributed by atoms with Crippen LogP contribution in [-0.4, -0.2) is 46.7 Å². The highest BCUT2D eigenvalue weighted by molar-refractivity contribution is 5.95. The third kappa shape index (κ3) is 3.99. The molecular weight excluding hydrogens is 373 g/mol. The lowest BCUT2D eigenvalue weighted by molar-refractivity contribution is -0.154. The van der Waals surface area contributed by atoms with Gasteiger partial charge in [0, 0.05) is 30.8 Å². The molecule has 29 heavy (non-hydrogen) atoms. The number of halogens is 1. The normalized spacial score (nSPS) is 18.7. The number of benzene rings is 2. The molecule has 0 radical (unpaired) electrons. The molecule has 0 unspecified atom stereocenters. The molecule has 6 nitrogen and oxygen atoms in total. The molecule has 1 atom stereocenters. The number of carbonyl (C=O) groups is 3. The summed E-state index contributed by atoms with van der Waals surface area (Å²) in [5, 5.41) is 2.70. The minimum Gasteiger partial charge on any atom is -0.348 e. The second kappa shape index (κ2) is 8.03. The van der Waals surface area contributed by atoms with E-state index in [1.165, 1.54) is 6.07 Å². The predicted molar refractivity (Wildman–Crippen MR) is 104 cm³/mol. The van der Waals surface area contributed by atoms with Crippen LogP contribution in [0.1, 0.15) is 34.3 Å². The van der Waals surface area contributed by atoms with E-state index in [2.05, 4.69) is 5.32 Å². The number of fused-ring (bicyclic) bond motifs is 1. The zero-order valence-electron chi connectivity index (χ0n) is 15.9. The quantitative estimate of drug-likeness (QED) is 0.843. The maximum Gasteiger partial charge on any atom is 0.251 e. The zero-order chi connectivity index (χ0) is 20.4. The van der Waals surface area contributed by atoms with Gasteiger partial charge in [-0.2, -0.15) is 0 Å². The van der Waals surface area contributed by atoms with Crippen LogP contribution in [0, 0.1) is 5.82 Å². The summed E-state index contributed by atoms with van der Waals surface area (Å²) in [5.74, 6) is -0.666. The fourth-order valence-corrected chi connectivity index (χ4v) is 3.90. The van der Waals surface area contributed by atoms with E-state index in [1.807, 2.05) is 0 Å². The zero-order valence-corrected chi connectivity index (χ0v) is 15.9. The summed E-state index contributed by atoms with van der Waals surface area (Å²) in [5.41, 5.74) is 1.73.